The zero-order chi connectivity index (χ0) is 26.8. The first kappa shape index (κ1) is 27.8. The second kappa shape index (κ2) is 11.8. The Morgan fingerprint density at radius 1 is 0.947 bits per heavy atom. The number of unbranched alkanes of at least 4 members (excludes halogenated alkanes) is 5. The molecule has 0 bridgehead atoms. The molecule has 4 aliphatic rings. The number of allylic oxidation sites excluding steroid dienone is 1. The van der Waals surface area contributed by atoms with E-state index in [1.807, 2.05) is 31.2 Å². The molecule has 3 saturated carbocycles. The van der Waals surface area contributed by atoms with Crippen LogP contribution in [-0.4, -0.2) is 12.3 Å². The van der Waals surface area contributed by atoms with Crippen molar-refractivity contribution in [3.63, 3.8) is 0 Å². The van der Waals surface area contributed by atoms with E-state index in [-0.39, 0.29) is 11.5 Å². The maximum atomic E-state index is 12.6. The lowest BCUT2D eigenvalue weighted by molar-refractivity contribution is -0.0538. The molecule has 0 radical (unpaired) electrons. The SMILES string of the molecule is CCCCCCCC[C@@H]1CC[C@@H]2[C@H]3CC=C4C[C@@H](OC(=O)Oc5ccccc5C)CC[C@]4(C)[C@H]3CC[C@]12C. The molecule has 0 N–H and O–H groups in total. The zero-order valence-electron chi connectivity index (χ0n) is 24.6. The maximum absolute atomic E-state index is 12.6. The van der Waals surface area contributed by atoms with Crippen molar-refractivity contribution in [1.82, 2.24) is 0 Å². The van der Waals surface area contributed by atoms with Gasteiger partial charge >= 0.3 is 6.16 Å². The van der Waals surface area contributed by atoms with Crippen LogP contribution in [0.5, 0.6) is 5.75 Å². The van der Waals surface area contributed by atoms with Crippen LogP contribution in [-0.2, 0) is 4.74 Å². The van der Waals surface area contributed by atoms with E-state index in [1.165, 1.54) is 77.0 Å². The highest BCUT2D eigenvalue weighted by atomic mass is 16.7. The number of carbonyl (C=O) groups is 1. The number of fused-ring (bicyclic) bond motifs is 5. The second-order valence-corrected chi connectivity index (χ2v) is 13.7. The van der Waals surface area contributed by atoms with Gasteiger partial charge in [0.25, 0.3) is 0 Å². The molecular formula is C35H52O3. The first-order chi connectivity index (χ1) is 18.3. The minimum atomic E-state index is -0.557. The molecule has 0 heterocycles. The first-order valence-electron chi connectivity index (χ1n) is 16.0. The van der Waals surface area contributed by atoms with Crippen LogP contribution in [0.2, 0.25) is 0 Å². The molecule has 3 heteroatoms. The van der Waals surface area contributed by atoms with Gasteiger partial charge in [-0.3, -0.25) is 0 Å². The molecule has 1 aromatic carbocycles. The highest BCUT2D eigenvalue weighted by Crippen LogP contribution is 2.66. The van der Waals surface area contributed by atoms with E-state index < -0.39 is 6.16 Å². The number of carbonyl (C=O) groups excluding carboxylic acids is 1. The van der Waals surface area contributed by atoms with Crippen molar-refractivity contribution in [2.75, 3.05) is 0 Å². The number of ether oxygens (including phenoxy) is 2. The largest absolute Gasteiger partial charge is 0.514 e. The number of hydrogen-bond donors (Lipinski definition) is 0. The maximum Gasteiger partial charge on any atom is 0.514 e. The quantitative estimate of drug-likeness (QED) is 0.141. The lowest BCUT2D eigenvalue weighted by Crippen LogP contribution is -2.50. The van der Waals surface area contributed by atoms with Gasteiger partial charge in [0.15, 0.2) is 0 Å². The molecule has 0 aliphatic heterocycles. The average molecular weight is 521 g/mol. The van der Waals surface area contributed by atoms with Gasteiger partial charge in [-0.15, -0.1) is 0 Å². The van der Waals surface area contributed by atoms with Crippen LogP contribution >= 0.6 is 0 Å². The molecular weight excluding hydrogens is 468 g/mol. The van der Waals surface area contributed by atoms with Crippen LogP contribution in [0.25, 0.3) is 0 Å². The summed E-state index contributed by atoms with van der Waals surface area (Å²) in [4.78, 5) is 12.6. The number of benzene rings is 1. The first-order valence-corrected chi connectivity index (χ1v) is 16.0. The van der Waals surface area contributed by atoms with Gasteiger partial charge in [-0.25, -0.2) is 4.79 Å². The summed E-state index contributed by atoms with van der Waals surface area (Å²) >= 11 is 0. The van der Waals surface area contributed by atoms with E-state index in [1.54, 1.807) is 5.57 Å². The van der Waals surface area contributed by atoms with Crippen molar-refractivity contribution in [3.05, 3.63) is 41.5 Å². The lowest BCUT2D eigenvalue weighted by atomic mass is 9.47. The van der Waals surface area contributed by atoms with Crippen LogP contribution in [0.15, 0.2) is 35.9 Å². The molecule has 3 fully saturated rings. The summed E-state index contributed by atoms with van der Waals surface area (Å²) < 4.78 is 11.4. The summed E-state index contributed by atoms with van der Waals surface area (Å²) in [6, 6.07) is 7.62. The number of hydrogen-bond acceptors (Lipinski definition) is 3. The van der Waals surface area contributed by atoms with Crippen LogP contribution < -0.4 is 4.74 Å². The van der Waals surface area contributed by atoms with E-state index in [0.717, 1.165) is 48.5 Å². The molecule has 5 rings (SSSR count). The van der Waals surface area contributed by atoms with E-state index in [0.29, 0.717) is 11.2 Å². The fourth-order valence-electron chi connectivity index (χ4n) is 9.40. The Morgan fingerprint density at radius 3 is 2.55 bits per heavy atom. The molecule has 0 amide bonds. The van der Waals surface area contributed by atoms with Crippen molar-refractivity contribution < 1.29 is 14.3 Å². The molecule has 3 nitrogen and oxygen atoms in total. The molecule has 4 aliphatic carbocycles. The van der Waals surface area contributed by atoms with Crippen molar-refractivity contribution in [2.24, 2.45) is 34.5 Å². The topological polar surface area (TPSA) is 35.5 Å². The molecule has 1 aromatic rings. The Bertz CT molecular complexity index is 997. The minimum Gasteiger partial charge on any atom is -0.430 e. The standard InChI is InChI=1S/C35H52O3/c1-5-6-7-8-9-10-14-26-17-19-30-29-18-16-27-24-28(37-33(36)38-32-15-12-11-13-25(32)2)20-22-35(27,4)31(29)21-23-34(26,30)3/h11-13,15-16,26,28-31H,5-10,14,17-24H2,1-4H3/t26-,28+,29-,30-,31+,34-,35+/m1/s1. The van der Waals surface area contributed by atoms with Crippen molar-refractivity contribution in [1.29, 1.82) is 0 Å². The number of rotatable bonds is 9. The van der Waals surface area contributed by atoms with Crippen molar-refractivity contribution >= 4 is 6.16 Å². The van der Waals surface area contributed by atoms with Gasteiger partial charge in [0, 0.05) is 6.42 Å². The Morgan fingerprint density at radius 2 is 1.74 bits per heavy atom. The third kappa shape index (κ3) is 5.46. The highest BCUT2D eigenvalue weighted by molar-refractivity contribution is 5.64. The fraction of sp³-hybridized carbons (Fsp3) is 0.743. The van der Waals surface area contributed by atoms with E-state index >= 15 is 0 Å². The molecule has 38 heavy (non-hydrogen) atoms. The Kier molecular flexibility index (Phi) is 8.60. The minimum absolute atomic E-state index is 0.0653. The number of aryl methyl sites for hydroxylation is 1. The molecule has 210 valence electrons. The predicted octanol–water partition coefficient (Wildman–Crippen LogP) is 10.2. The van der Waals surface area contributed by atoms with E-state index in [2.05, 4.69) is 26.8 Å². The van der Waals surface area contributed by atoms with Gasteiger partial charge in [0.1, 0.15) is 11.9 Å². The fourth-order valence-corrected chi connectivity index (χ4v) is 9.40. The summed E-state index contributed by atoms with van der Waals surface area (Å²) in [6.45, 7) is 9.48. The third-order valence-corrected chi connectivity index (χ3v) is 11.7. The zero-order valence-corrected chi connectivity index (χ0v) is 24.6. The van der Waals surface area contributed by atoms with Gasteiger partial charge in [0.2, 0.25) is 0 Å². The monoisotopic (exact) mass is 520 g/mol. The van der Waals surface area contributed by atoms with Crippen LogP contribution in [0, 0.1) is 41.4 Å². The summed E-state index contributed by atoms with van der Waals surface area (Å²) in [5.74, 6) is 4.09. The summed E-state index contributed by atoms with van der Waals surface area (Å²) in [7, 11) is 0. The van der Waals surface area contributed by atoms with Crippen molar-refractivity contribution in [2.45, 2.75) is 130 Å². The smallest absolute Gasteiger partial charge is 0.430 e. The summed E-state index contributed by atoms with van der Waals surface area (Å²) in [5, 5.41) is 0. The van der Waals surface area contributed by atoms with Crippen molar-refractivity contribution in [3.8, 4) is 5.75 Å². The van der Waals surface area contributed by atoms with Gasteiger partial charge in [-0.1, -0.05) is 89.1 Å². The van der Waals surface area contributed by atoms with Crippen LogP contribution in [0.4, 0.5) is 4.79 Å². The normalized spacial score (nSPS) is 36.0. The highest BCUT2D eigenvalue weighted by Gasteiger charge is 2.58. The van der Waals surface area contributed by atoms with Crippen LogP contribution in [0.3, 0.4) is 0 Å². The third-order valence-electron chi connectivity index (χ3n) is 11.7. The van der Waals surface area contributed by atoms with Gasteiger partial charge < -0.3 is 9.47 Å². The molecule has 0 spiro atoms. The van der Waals surface area contributed by atoms with Gasteiger partial charge in [-0.2, -0.15) is 0 Å². The van der Waals surface area contributed by atoms with Gasteiger partial charge in [-0.05, 0) is 104 Å². The molecule has 0 unspecified atom stereocenters. The molecule has 0 aromatic heterocycles. The molecule has 0 saturated heterocycles. The second-order valence-electron chi connectivity index (χ2n) is 13.7. The Balaban J connectivity index is 1.18. The number of para-hydroxylation sites is 1. The average Bonchev–Trinajstić information content (AvgIpc) is 3.24. The van der Waals surface area contributed by atoms with Gasteiger partial charge in [0.05, 0.1) is 0 Å². The van der Waals surface area contributed by atoms with E-state index in [9.17, 15) is 4.79 Å². The predicted molar refractivity (Wildman–Crippen MR) is 155 cm³/mol. The van der Waals surface area contributed by atoms with Crippen LogP contribution in [0.1, 0.15) is 123 Å². The Hall–Kier alpha value is -1.77. The summed E-state index contributed by atoms with van der Waals surface area (Å²) in [6.07, 6.45) is 21.8. The molecule has 7 atom stereocenters. The summed E-state index contributed by atoms with van der Waals surface area (Å²) in [5.41, 5.74) is 3.35. The Labute approximate surface area is 232 Å². The van der Waals surface area contributed by atoms with E-state index in [4.69, 9.17) is 9.47 Å². The lowest BCUT2D eigenvalue weighted by Gasteiger charge is -2.58.